The van der Waals surface area contributed by atoms with E-state index in [9.17, 15) is 43.3 Å². The molecule has 0 radical (unpaired) electrons. The number of nitrogens with zero attached hydrogens (tertiary/aromatic N) is 2. The van der Waals surface area contributed by atoms with E-state index in [0.29, 0.717) is 0 Å². The first-order chi connectivity index (χ1) is 18.0. The summed E-state index contributed by atoms with van der Waals surface area (Å²) in [5.74, 6) is -3.73. The Morgan fingerprint density at radius 3 is 2.16 bits per heavy atom. The fourth-order valence-corrected chi connectivity index (χ4v) is 4.67. The highest BCUT2D eigenvalue weighted by atomic mass is 32.2. The van der Waals surface area contributed by atoms with Crippen LogP contribution in [0.15, 0.2) is 85.0 Å². The molecule has 192 valence electrons. The number of hydrogen-bond donors (Lipinski definition) is 6. The maximum absolute atomic E-state index is 12.9. The van der Waals surface area contributed by atoms with E-state index in [1.54, 1.807) is 12.1 Å². The predicted octanol–water partition coefficient (Wildman–Crippen LogP) is 4.80. The van der Waals surface area contributed by atoms with Crippen LogP contribution in [0.5, 0.6) is 28.7 Å². The van der Waals surface area contributed by atoms with Crippen LogP contribution in [0.1, 0.15) is 0 Å². The maximum atomic E-state index is 12.9. The van der Waals surface area contributed by atoms with Gasteiger partial charge in [0.15, 0.2) is 22.8 Å². The zero-order valence-corrected chi connectivity index (χ0v) is 19.7. The quantitative estimate of drug-likeness (QED) is 0.136. The average molecular weight is 536 g/mol. The van der Waals surface area contributed by atoms with Crippen molar-refractivity contribution in [1.29, 1.82) is 0 Å². The van der Waals surface area contributed by atoms with E-state index in [0.717, 1.165) is 18.2 Å². The van der Waals surface area contributed by atoms with E-state index < -0.39 is 61.0 Å². The second-order valence-corrected chi connectivity index (χ2v) is 9.47. The molecule has 13 heteroatoms. The lowest BCUT2D eigenvalue weighted by Gasteiger charge is -2.11. The largest absolute Gasteiger partial charge is 0.508 e. The van der Waals surface area contributed by atoms with E-state index >= 15 is 0 Å². The highest BCUT2D eigenvalue weighted by molar-refractivity contribution is 7.86. The smallest absolute Gasteiger partial charge is 0.295 e. The van der Waals surface area contributed by atoms with Crippen LogP contribution in [0.25, 0.3) is 33.1 Å². The Bertz CT molecular complexity index is 1980. The van der Waals surface area contributed by atoms with Gasteiger partial charge < -0.3 is 29.9 Å². The number of fused-ring (bicyclic) bond motifs is 2. The van der Waals surface area contributed by atoms with Crippen LogP contribution >= 0.6 is 0 Å². The third-order valence-corrected chi connectivity index (χ3v) is 6.61. The van der Waals surface area contributed by atoms with Gasteiger partial charge in [0.25, 0.3) is 10.1 Å². The Balaban J connectivity index is 1.76. The molecule has 1 aromatic heterocycles. The molecule has 0 saturated heterocycles. The topological polar surface area (TPSA) is 210 Å². The summed E-state index contributed by atoms with van der Waals surface area (Å²) >= 11 is 0. The molecule has 1 heterocycles. The van der Waals surface area contributed by atoms with Crippen LogP contribution in [0, 0.1) is 0 Å². The molecule has 0 aliphatic carbocycles. The Morgan fingerprint density at radius 1 is 0.763 bits per heavy atom. The first kappa shape index (κ1) is 24.5. The molecular formula is C25H16N2O10S. The number of benzene rings is 4. The molecule has 12 nitrogen and oxygen atoms in total. The fourth-order valence-electron chi connectivity index (χ4n) is 3.97. The van der Waals surface area contributed by atoms with E-state index in [1.165, 1.54) is 30.3 Å². The zero-order chi connectivity index (χ0) is 27.4. The van der Waals surface area contributed by atoms with E-state index in [-0.39, 0.29) is 32.7 Å². The third kappa shape index (κ3) is 4.01. The van der Waals surface area contributed by atoms with Gasteiger partial charge in [-0.1, -0.05) is 24.3 Å². The summed E-state index contributed by atoms with van der Waals surface area (Å²) < 4.78 is 38.7. The minimum absolute atomic E-state index is 0.117. The lowest BCUT2D eigenvalue weighted by molar-refractivity contribution is 0.433. The third-order valence-electron chi connectivity index (χ3n) is 5.70. The molecule has 5 aromatic rings. The highest BCUT2D eigenvalue weighted by Gasteiger charge is 2.24. The van der Waals surface area contributed by atoms with Crippen molar-refractivity contribution in [3.8, 4) is 40.1 Å². The van der Waals surface area contributed by atoms with Crippen molar-refractivity contribution in [2.24, 2.45) is 10.2 Å². The van der Waals surface area contributed by atoms with Gasteiger partial charge in [-0.2, -0.15) is 8.42 Å². The van der Waals surface area contributed by atoms with Crippen LogP contribution in [0.2, 0.25) is 0 Å². The monoisotopic (exact) mass is 536 g/mol. The van der Waals surface area contributed by atoms with Gasteiger partial charge >= 0.3 is 0 Å². The van der Waals surface area contributed by atoms with Gasteiger partial charge in [0.1, 0.15) is 27.5 Å². The number of phenolic OH excluding ortho intramolecular Hbond substituents is 4. The lowest BCUT2D eigenvalue weighted by atomic mass is 10.1. The minimum atomic E-state index is -4.55. The standard InChI is InChI=1S/C25H16N2O10S/c28-11-5-6-14(16(29)9-11)24-23(33)22(32)20-17(30)10-18(31)21(25(20)37-24)27-26-15-7-8-19(38(34,35)36)13-4-2-1-3-12(13)15/h1-10,28-31,33H,(H,34,35,36). The highest BCUT2D eigenvalue weighted by Crippen LogP contribution is 2.45. The van der Waals surface area contributed by atoms with Crippen molar-refractivity contribution in [3.05, 3.63) is 70.9 Å². The number of phenols is 4. The summed E-state index contributed by atoms with van der Waals surface area (Å²) in [6.07, 6.45) is 0. The summed E-state index contributed by atoms with van der Waals surface area (Å²) in [5, 5.41) is 58.9. The molecule has 5 rings (SSSR count). The molecule has 0 atom stereocenters. The first-order valence-electron chi connectivity index (χ1n) is 10.7. The minimum Gasteiger partial charge on any atom is -0.508 e. The van der Waals surface area contributed by atoms with E-state index in [2.05, 4.69) is 10.2 Å². The molecule has 4 aromatic carbocycles. The molecule has 0 aliphatic heterocycles. The lowest BCUT2D eigenvalue weighted by Crippen LogP contribution is -2.03. The summed E-state index contributed by atoms with van der Waals surface area (Å²) in [7, 11) is -4.55. The van der Waals surface area contributed by atoms with E-state index in [1.807, 2.05) is 0 Å². The van der Waals surface area contributed by atoms with Crippen LogP contribution in [0.4, 0.5) is 11.4 Å². The molecule has 38 heavy (non-hydrogen) atoms. The van der Waals surface area contributed by atoms with Gasteiger partial charge in [0.05, 0.1) is 11.3 Å². The van der Waals surface area contributed by atoms with Gasteiger partial charge in [0, 0.05) is 22.9 Å². The Kier molecular flexibility index (Phi) is 5.66. The predicted molar refractivity (Wildman–Crippen MR) is 134 cm³/mol. The van der Waals surface area contributed by atoms with Crippen LogP contribution < -0.4 is 5.43 Å². The van der Waals surface area contributed by atoms with Gasteiger partial charge in [-0.05, 0) is 24.3 Å². The molecule has 0 aliphatic rings. The van der Waals surface area contributed by atoms with Crippen molar-refractivity contribution in [3.63, 3.8) is 0 Å². The summed E-state index contributed by atoms with van der Waals surface area (Å²) in [4.78, 5) is 12.6. The van der Waals surface area contributed by atoms with Crippen molar-refractivity contribution >= 4 is 43.2 Å². The number of aromatic hydroxyl groups is 5. The summed E-state index contributed by atoms with van der Waals surface area (Å²) in [5.41, 5.74) is -2.10. The first-order valence-corrected chi connectivity index (χ1v) is 12.1. The Labute approximate surface area is 212 Å². The van der Waals surface area contributed by atoms with Crippen molar-refractivity contribution in [2.45, 2.75) is 4.90 Å². The van der Waals surface area contributed by atoms with Gasteiger partial charge in [-0.15, -0.1) is 10.2 Å². The molecule has 0 unspecified atom stereocenters. The number of azo groups is 1. The van der Waals surface area contributed by atoms with Gasteiger partial charge in [-0.3, -0.25) is 9.35 Å². The molecular weight excluding hydrogens is 520 g/mol. The molecule has 0 amide bonds. The number of rotatable bonds is 4. The fraction of sp³-hybridized carbons (Fsp3) is 0. The molecule has 0 bridgehead atoms. The van der Waals surface area contributed by atoms with Crippen molar-refractivity contribution in [1.82, 2.24) is 0 Å². The van der Waals surface area contributed by atoms with Crippen LogP contribution in [0.3, 0.4) is 0 Å². The SMILES string of the molecule is O=c1c(O)c(-c2ccc(O)cc2O)oc2c(N=Nc3ccc(S(=O)(=O)O)c4ccccc34)c(O)cc(O)c12. The van der Waals surface area contributed by atoms with E-state index in [4.69, 9.17) is 4.42 Å². The Hall–Kier alpha value is -5.14. The zero-order valence-electron chi connectivity index (χ0n) is 18.9. The van der Waals surface area contributed by atoms with Crippen molar-refractivity contribution in [2.75, 3.05) is 0 Å². The van der Waals surface area contributed by atoms with Crippen molar-refractivity contribution < 1.29 is 42.9 Å². The maximum Gasteiger partial charge on any atom is 0.295 e. The summed E-state index contributed by atoms with van der Waals surface area (Å²) in [6, 6.07) is 12.6. The second-order valence-electron chi connectivity index (χ2n) is 8.08. The summed E-state index contributed by atoms with van der Waals surface area (Å²) in [6.45, 7) is 0. The molecule has 6 N–H and O–H groups in total. The number of hydrogen-bond acceptors (Lipinski definition) is 11. The molecule has 0 saturated carbocycles. The Morgan fingerprint density at radius 2 is 1.47 bits per heavy atom. The molecule has 0 spiro atoms. The van der Waals surface area contributed by atoms with Crippen LogP contribution in [-0.2, 0) is 10.1 Å². The molecule has 0 fully saturated rings. The van der Waals surface area contributed by atoms with Gasteiger partial charge in [0.2, 0.25) is 11.2 Å². The normalized spacial score (nSPS) is 12.0. The van der Waals surface area contributed by atoms with Gasteiger partial charge in [-0.25, -0.2) is 0 Å². The van der Waals surface area contributed by atoms with Crippen LogP contribution in [-0.4, -0.2) is 38.5 Å². The second kappa shape index (κ2) is 8.76. The average Bonchev–Trinajstić information content (AvgIpc) is 2.85.